The maximum atomic E-state index is 13.0. The number of carbonyl (C=O) groups excluding carboxylic acids is 1. The Morgan fingerprint density at radius 3 is 2.84 bits per heavy atom. The molecular formula is C21H27NO2S. The maximum absolute atomic E-state index is 13.0. The Labute approximate surface area is 154 Å². The number of fused-ring (bicyclic) bond motifs is 1. The molecule has 3 nitrogen and oxygen atoms in total. The van der Waals surface area contributed by atoms with E-state index in [0.29, 0.717) is 5.78 Å². The summed E-state index contributed by atoms with van der Waals surface area (Å²) in [5.74, 6) is 2.48. The zero-order valence-electron chi connectivity index (χ0n) is 15.2. The van der Waals surface area contributed by atoms with Gasteiger partial charge in [-0.1, -0.05) is 18.2 Å². The van der Waals surface area contributed by atoms with Gasteiger partial charge in [0.1, 0.15) is 5.75 Å². The lowest BCUT2D eigenvalue weighted by atomic mass is 9.89. The van der Waals surface area contributed by atoms with Crippen molar-refractivity contribution in [2.75, 3.05) is 38.8 Å². The van der Waals surface area contributed by atoms with E-state index in [1.165, 1.54) is 12.2 Å². The SMILES string of the molecule is COc1ccc2cc(C(=O)[C@@H]3CCCN(CCCSC)C3)ccc2c1. The van der Waals surface area contributed by atoms with Crippen molar-refractivity contribution in [1.82, 2.24) is 4.90 Å². The molecule has 1 saturated heterocycles. The molecule has 2 aromatic carbocycles. The number of hydrogen-bond acceptors (Lipinski definition) is 4. The predicted molar refractivity (Wildman–Crippen MR) is 107 cm³/mol. The molecular weight excluding hydrogens is 330 g/mol. The van der Waals surface area contributed by atoms with Crippen LogP contribution >= 0.6 is 11.8 Å². The molecule has 0 spiro atoms. The van der Waals surface area contributed by atoms with E-state index in [4.69, 9.17) is 4.74 Å². The normalized spacial score (nSPS) is 18.4. The first kappa shape index (κ1) is 18.3. The van der Waals surface area contributed by atoms with Crippen LogP contribution in [0.3, 0.4) is 0 Å². The second-order valence-electron chi connectivity index (χ2n) is 6.78. The van der Waals surface area contributed by atoms with E-state index in [0.717, 1.165) is 54.6 Å². The molecule has 2 aromatic rings. The molecule has 3 rings (SSSR count). The lowest BCUT2D eigenvalue weighted by Crippen LogP contribution is -2.39. The molecule has 134 valence electrons. The number of likely N-dealkylation sites (tertiary alicyclic amines) is 1. The van der Waals surface area contributed by atoms with E-state index in [9.17, 15) is 4.79 Å². The molecule has 0 amide bonds. The van der Waals surface area contributed by atoms with Crippen LogP contribution in [0.2, 0.25) is 0 Å². The van der Waals surface area contributed by atoms with Crippen molar-refractivity contribution < 1.29 is 9.53 Å². The number of carbonyl (C=O) groups is 1. The molecule has 1 aliphatic heterocycles. The Bertz CT molecular complexity index is 731. The summed E-state index contributed by atoms with van der Waals surface area (Å²) >= 11 is 1.90. The van der Waals surface area contributed by atoms with Crippen LogP contribution in [0, 0.1) is 5.92 Å². The molecule has 0 unspecified atom stereocenters. The van der Waals surface area contributed by atoms with Gasteiger partial charge in [-0.3, -0.25) is 4.79 Å². The molecule has 1 atom stereocenters. The minimum absolute atomic E-state index is 0.138. The number of rotatable bonds is 7. The molecule has 0 bridgehead atoms. The van der Waals surface area contributed by atoms with Crippen LogP contribution in [0.5, 0.6) is 5.75 Å². The molecule has 1 fully saturated rings. The number of piperidine rings is 1. The van der Waals surface area contributed by atoms with Gasteiger partial charge in [0.2, 0.25) is 0 Å². The molecule has 0 radical (unpaired) electrons. The molecule has 25 heavy (non-hydrogen) atoms. The third kappa shape index (κ3) is 4.56. The fourth-order valence-electron chi connectivity index (χ4n) is 3.64. The van der Waals surface area contributed by atoms with Gasteiger partial charge in [0.25, 0.3) is 0 Å². The molecule has 0 aliphatic carbocycles. The van der Waals surface area contributed by atoms with E-state index >= 15 is 0 Å². The van der Waals surface area contributed by atoms with Gasteiger partial charge in [-0.05, 0) is 73.3 Å². The minimum atomic E-state index is 0.138. The van der Waals surface area contributed by atoms with Gasteiger partial charge in [-0.2, -0.15) is 11.8 Å². The van der Waals surface area contributed by atoms with Crippen molar-refractivity contribution in [3.8, 4) is 5.75 Å². The zero-order valence-corrected chi connectivity index (χ0v) is 16.0. The van der Waals surface area contributed by atoms with Crippen molar-refractivity contribution in [1.29, 1.82) is 0 Å². The van der Waals surface area contributed by atoms with Crippen LogP contribution in [0.25, 0.3) is 10.8 Å². The highest BCUT2D eigenvalue weighted by Gasteiger charge is 2.26. The fourth-order valence-corrected chi connectivity index (χ4v) is 4.06. The van der Waals surface area contributed by atoms with Crippen LogP contribution < -0.4 is 4.74 Å². The first-order valence-electron chi connectivity index (χ1n) is 9.04. The number of ketones is 1. The summed E-state index contributed by atoms with van der Waals surface area (Å²) in [6.07, 6.45) is 5.50. The Kier molecular flexibility index (Phi) is 6.38. The summed E-state index contributed by atoms with van der Waals surface area (Å²) in [6.45, 7) is 3.16. The molecule has 0 saturated carbocycles. The van der Waals surface area contributed by atoms with Crippen LogP contribution in [0.4, 0.5) is 0 Å². The maximum Gasteiger partial charge on any atom is 0.167 e. The van der Waals surface area contributed by atoms with Gasteiger partial charge in [0.05, 0.1) is 7.11 Å². The van der Waals surface area contributed by atoms with Gasteiger partial charge in [0.15, 0.2) is 5.78 Å². The number of hydrogen-bond donors (Lipinski definition) is 0. The third-order valence-corrected chi connectivity index (χ3v) is 5.73. The van der Waals surface area contributed by atoms with Crippen molar-refractivity contribution in [2.45, 2.75) is 19.3 Å². The highest BCUT2D eigenvalue weighted by atomic mass is 32.2. The van der Waals surface area contributed by atoms with Gasteiger partial charge in [0, 0.05) is 18.0 Å². The van der Waals surface area contributed by atoms with E-state index < -0.39 is 0 Å². The van der Waals surface area contributed by atoms with Crippen molar-refractivity contribution in [3.63, 3.8) is 0 Å². The third-order valence-electron chi connectivity index (χ3n) is 5.03. The van der Waals surface area contributed by atoms with Crippen LogP contribution in [-0.2, 0) is 0 Å². The summed E-state index contributed by atoms with van der Waals surface area (Å²) in [7, 11) is 1.67. The minimum Gasteiger partial charge on any atom is -0.497 e. The van der Waals surface area contributed by atoms with Crippen LogP contribution in [0.1, 0.15) is 29.6 Å². The highest BCUT2D eigenvalue weighted by molar-refractivity contribution is 7.98. The van der Waals surface area contributed by atoms with Gasteiger partial charge < -0.3 is 9.64 Å². The van der Waals surface area contributed by atoms with Gasteiger partial charge in [-0.15, -0.1) is 0 Å². The Morgan fingerprint density at radius 1 is 1.24 bits per heavy atom. The number of nitrogens with zero attached hydrogens (tertiary/aromatic N) is 1. The zero-order chi connectivity index (χ0) is 17.6. The number of thioether (sulfide) groups is 1. The molecule has 1 heterocycles. The molecule has 4 heteroatoms. The van der Waals surface area contributed by atoms with E-state index in [-0.39, 0.29) is 5.92 Å². The summed E-state index contributed by atoms with van der Waals surface area (Å²) < 4.78 is 5.27. The fraction of sp³-hybridized carbons (Fsp3) is 0.476. The van der Waals surface area contributed by atoms with E-state index in [1.807, 2.05) is 48.2 Å². The Hall–Kier alpha value is -1.52. The second kappa shape index (κ2) is 8.72. The van der Waals surface area contributed by atoms with E-state index in [1.54, 1.807) is 7.11 Å². The smallest absolute Gasteiger partial charge is 0.167 e. The Balaban J connectivity index is 1.70. The average Bonchev–Trinajstić information content (AvgIpc) is 2.67. The number of Topliss-reactive ketones (excluding diaryl/α,β-unsaturated/α-hetero) is 1. The summed E-state index contributed by atoms with van der Waals surface area (Å²) in [6, 6.07) is 12.0. The van der Waals surface area contributed by atoms with Crippen LogP contribution in [0.15, 0.2) is 36.4 Å². The second-order valence-corrected chi connectivity index (χ2v) is 7.76. The largest absolute Gasteiger partial charge is 0.497 e. The predicted octanol–water partition coefficient (Wildman–Crippen LogP) is 4.50. The first-order valence-corrected chi connectivity index (χ1v) is 10.4. The van der Waals surface area contributed by atoms with Crippen molar-refractivity contribution in [2.24, 2.45) is 5.92 Å². The molecule has 0 aromatic heterocycles. The lowest BCUT2D eigenvalue weighted by molar-refractivity contribution is 0.0820. The van der Waals surface area contributed by atoms with Gasteiger partial charge >= 0.3 is 0 Å². The molecule has 0 N–H and O–H groups in total. The van der Waals surface area contributed by atoms with Gasteiger partial charge in [-0.25, -0.2) is 0 Å². The monoisotopic (exact) mass is 357 g/mol. The average molecular weight is 358 g/mol. The highest BCUT2D eigenvalue weighted by Crippen LogP contribution is 2.25. The lowest BCUT2D eigenvalue weighted by Gasteiger charge is -2.32. The van der Waals surface area contributed by atoms with Crippen molar-refractivity contribution >= 4 is 28.3 Å². The first-order chi connectivity index (χ1) is 12.2. The molecule has 1 aliphatic rings. The van der Waals surface area contributed by atoms with Crippen molar-refractivity contribution in [3.05, 3.63) is 42.0 Å². The topological polar surface area (TPSA) is 29.5 Å². The van der Waals surface area contributed by atoms with E-state index in [2.05, 4.69) is 11.2 Å². The standard InChI is InChI=1S/C21H27NO2S/c1-24-20-9-8-16-13-18(7-6-17(16)14-20)21(23)19-5-3-10-22(15-19)11-4-12-25-2/h6-9,13-14,19H,3-5,10-12,15H2,1-2H3/t19-/m1/s1. The summed E-state index contributed by atoms with van der Waals surface area (Å²) in [4.78, 5) is 15.5. The summed E-state index contributed by atoms with van der Waals surface area (Å²) in [5.41, 5.74) is 0.841. The number of benzene rings is 2. The quantitative estimate of drug-likeness (QED) is 0.539. The Morgan fingerprint density at radius 2 is 2.04 bits per heavy atom. The van der Waals surface area contributed by atoms with Crippen LogP contribution in [-0.4, -0.2) is 49.4 Å². The summed E-state index contributed by atoms with van der Waals surface area (Å²) in [5, 5.41) is 2.21. The number of methoxy groups -OCH3 is 1. The number of ether oxygens (including phenoxy) is 1.